The second-order valence-electron chi connectivity index (χ2n) is 24.6. The number of hydrogen-bond donors (Lipinski definition) is 1. The minimum absolute atomic E-state index is 1.32. The monoisotopic (exact) mass is 1470 g/mol. The van der Waals surface area contributed by atoms with Gasteiger partial charge in [-0.2, -0.15) is 0 Å². The van der Waals surface area contributed by atoms with Gasteiger partial charge < -0.3 is 4.90 Å². The quantitative estimate of drug-likeness (QED) is 0.0172. The predicted octanol–water partition coefficient (Wildman–Crippen LogP) is 20.9. The number of para-hydroxylation sites is 1. The van der Waals surface area contributed by atoms with Gasteiger partial charge in [0.2, 0.25) is 0 Å². The van der Waals surface area contributed by atoms with Gasteiger partial charge >= 0.3 is 0 Å². The Hall–Kier alpha value is -7.92. The molecule has 0 fully saturated rings. The van der Waals surface area contributed by atoms with Gasteiger partial charge in [-0.15, -0.1) is 21.9 Å². The maximum Gasteiger partial charge on any atom is 0.198 e. The summed E-state index contributed by atoms with van der Waals surface area (Å²) in [5.41, 5.74) is -12.8. The molecule has 0 radical (unpaired) electrons. The van der Waals surface area contributed by atoms with Crippen LogP contribution in [0.15, 0.2) is 24.3 Å². The summed E-state index contributed by atoms with van der Waals surface area (Å²) in [6.07, 6.45) is 20.6. The summed E-state index contributed by atoms with van der Waals surface area (Å²) in [5, 5.41) is -25.0. The van der Waals surface area contributed by atoms with E-state index in [0.29, 0.717) is 0 Å². The molecule has 1 N–H and O–H groups in total. The summed E-state index contributed by atoms with van der Waals surface area (Å²) in [6, 6.07) is 9.09. The molecule has 9 aromatic carbocycles. The third-order valence-electron chi connectivity index (χ3n) is 18.4. The number of unbranched alkanes of at least 4 members (excludes halogenated alkanes) is 18. The Morgan fingerprint density at radius 2 is 0.396 bits per heavy atom. The molecule has 0 aliphatic heterocycles. The molecule has 0 bridgehead atoms. The van der Waals surface area contributed by atoms with Crippen molar-refractivity contribution in [2.75, 3.05) is 13.1 Å². The molecule has 0 amide bonds. The van der Waals surface area contributed by atoms with Crippen LogP contribution in [-0.4, -0.2) is 19.2 Å². The highest BCUT2D eigenvalue weighted by atomic mass is 19.2. The first kappa shape index (κ1) is 78.8. The maximum absolute atomic E-state index is 17.4. The van der Waals surface area contributed by atoms with E-state index < -0.39 is 234 Å². The van der Waals surface area contributed by atoms with Crippen molar-refractivity contribution in [3.05, 3.63) is 193 Å². The molecule has 0 spiro atoms. The number of aryl methyl sites for hydroxylation is 1. The lowest BCUT2D eigenvalue weighted by Gasteiger charge is -2.45. The summed E-state index contributed by atoms with van der Waals surface area (Å²) in [7, 11) is 0. The number of hydrogen-bond acceptors (Lipinski definition) is 0. The highest BCUT2D eigenvalue weighted by Crippen LogP contribution is 2.41. The van der Waals surface area contributed by atoms with Crippen LogP contribution in [0.4, 0.5) is 129 Å². The summed E-state index contributed by atoms with van der Waals surface area (Å²) in [6.45, 7) is 9.54. The highest BCUT2D eigenvalue weighted by molar-refractivity contribution is 7.20. The Morgan fingerprint density at radius 1 is 0.218 bits per heavy atom. The highest BCUT2D eigenvalue weighted by Gasteiger charge is 2.53. The zero-order valence-corrected chi connectivity index (χ0v) is 53.5. The lowest BCUT2D eigenvalue weighted by molar-refractivity contribution is -0.833. The van der Waals surface area contributed by atoms with E-state index in [0.717, 1.165) is 0 Å². The van der Waals surface area contributed by atoms with Gasteiger partial charge in [-0.05, 0) is 38.7 Å². The van der Waals surface area contributed by atoms with Gasteiger partial charge in [0.25, 0.3) is 0 Å². The standard InChI is InChI=1S/C40BF28.C31H57N/c42-13-1-5(25(54)37(66)33(62)21(1)50)17(46)29(58)9(13)41(10-14(43)2-6(18(47)30(10)59)26(55)38(67)34(63)22(2)51,11-15(44)3-7(19(48)31(11)60)27(56)39(68)35(64)23(3)52)12-16(45)4-8(20(49)32(12)61)28(57)40(69)36(65)24(4)53;1-4-6-8-10-12-14-15-16-17-19-21-25-29-32(31-27-23-22-26-30(31)3)28-24-20-18-13-11-9-7-5-2/h;22-23,26-27H,4-21,24-25,28-29H2,1-3H3/q-1;/p+1. The Labute approximate surface area is 558 Å². The lowest BCUT2D eigenvalue weighted by Crippen LogP contribution is -3.07. The van der Waals surface area contributed by atoms with E-state index in [1.165, 1.54) is 147 Å². The fraction of sp³-hybridized carbons (Fsp3) is 0.352. The minimum Gasteiger partial charge on any atom is -0.302 e. The first-order valence-corrected chi connectivity index (χ1v) is 32.1. The van der Waals surface area contributed by atoms with Crippen LogP contribution in [0, 0.1) is 170 Å². The zero-order chi connectivity index (χ0) is 74.7. The second-order valence-corrected chi connectivity index (χ2v) is 24.6. The van der Waals surface area contributed by atoms with Crippen LogP contribution in [0.2, 0.25) is 0 Å². The van der Waals surface area contributed by atoms with Crippen molar-refractivity contribution in [1.82, 2.24) is 0 Å². The largest absolute Gasteiger partial charge is 0.302 e. The first-order chi connectivity index (χ1) is 47.8. The van der Waals surface area contributed by atoms with Crippen LogP contribution in [0.3, 0.4) is 0 Å². The molecule has 1 nitrogen and oxygen atoms in total. The zero-order valence-electron chi connectivity index (χ0n) is 53.5. The van der Waals surface area contributed by atoms with E-state index in [2.05, 4.69) is 45.0 Å². The van der Waals surface area contributed by atoms with Gasteiger partial charge in [0.15, 0.2) is 116 Å². The Balaban J connectivity index is 0.000000341. The number of quaternary nitrogens is 1. The number of nitrogens with one attached hydrogen (secondary N) is 1. The second kappa shape index (κ2) is 32.6. The average molecular weight is 1470 g/mol. The van der Waals surface area contributed by atoms with Crippen molar-refractivity contribution in [1.29, 1.82) is 0 Å². The molecule has 0 saturated carbocycles. The molecule has 0 heterocycles. The van der Waals surface area contributed by atoms with Gasteiger partial charge in [-0.1, -0.05) is 135 Å². The fourth-order valence-electron chi connectivity index (χ4n) is 13.4. The third-order valence-corrected chi connectivity index (χ3v) is 18.4. The topological polar surface area (TPSA) is 4.44 Å². The molecule has 0 aliphatic rings. The normalized spacial score (nSPS) is 12.3. The van der Waals surface area contributed by atoms with Crippen LogP contribution < -0.4 is 26.8 Å². The van der Waals surface area contributed by atoms with E-state index in [1.807, 2.05) is 0 Å². The van der Waals surface area contributed by atoms with Crippen LogP contribution in [0.1, 0.15) is 148 Å². The summed E-state index contributed by atoms with van der Waals surface area (Å²) < 4.78 is 442. The molecule has 1 unspecified atom stereocenters. The summed E-state index contributed by atoms with van der Waals surface area (Å²) in [4.78, 5) is 1.74. The van der Waals surface area contributed by atoms with E-state index in [-0.39, 0.29) is 0 Å². The minimum atomic E-state index is -7.99. The molecule has 9 aromatic rings. The van der Waals surface area contributed by atoms with Crippen LogP contribution in [0.25, 0.3) is 43.1 Å². The van der Waals surface area contributed by atoms with Gasteiger partial charge in [0, 0.05) is 5.56 Å². The van der Waals surface area contributed by atoms with Crippen molar-refractivity contribution in [2.45, 2.75) is 149 Å². The predicted molar refractivity (Wildman–Crippen MR) is 324 cm³/mol. The average Bonchev–Trinajstić information content (AvgIpc) is 0.669. The lowest BCUT2D eigenvalue weighted by atomic mass is 9.12. The molecule has 0 aliphatic carbocycles. The molecule has 30 heteroatoms. The van der Waals surface area contributed by atoms with Gasteiger partial charge in [-0.25, -0.2) is 123 Å². The van der Waals surface area contributed by atoms with Crippen LogP contribution >= 0.6 is 0 Å². The van der Waals surface area contributed by atoms with Crippen molar-refractivity contribution >= 4 is 76.8 Å². The molecule has 1 atom stereocenters. The van der Waals surface area contributed by atoms with E-state index in [9.17, 15) is 35.1 Å². The summed E-state index contributed by atoms with van der Waals surface area (Å²) in [5.74, 6) is -102. The molecular formula is C71H58BF28N. The molecule has 546 valence electrons. The van der Waals surface area contributed by atoms with Crippen molar-refractivity contribution in [2.24, 2.45) is 0 Å². The van der Waals surface area contributed by atoms with Crippen molar-refractivity contribution in [3.63, 3.8) is 0 Å². The first-order valence-electron chi connectivity index (χ1n) is 32.1. The van der Waals surface area contributed by atoms with Gasteiger partial charge in [0.05, 0.1) is 56.2 Å². The number of halogens is 28. The molecule has 101 heavy (non-hydrogen) atoms. The smallest absolute Gasteiger partial charge is 0.198 e. The SMILES string of the molecule is CCCCCCCCCCCCCC[NH+](CCCCCCCCCC)c1ccccc1C.Fc1c(F)c(F)c2c(F)c([B-](c3c(F)c(F)c4c(F)c(F)c(F)c(F)c4c3F)(c3c(F)c(F)c4c(F)c(F)c(F)c(F)c4c3F)c3c(F)c(F)c4c(F)c(F)c(F)c(F)c4c3F)c(F)c(F)c2c1F. The Bertz CT molecular complexity index is 4180. The van der Waals surface area contributed by atoms with Crippen LogP contribution in [0.5, 0.6) is 0 Å². The molecule has 0 aromatic heterocycles. The molecule has 0 saturated heterocycles. The van der Waals surface area contributed by atoms with E-state index >= 15 is 87.8 Å². The number of fused-ring (bicyclic) bond motifs is 4. The maximum atomic E-state index is 17.4. The molecule has 9 rings (SSSR count). The fourth-order valence-corrected chi connectivity index (χ4v) is 13.4. The van der Waals surface area contributed by atoms with Crippen molar-refractivity contribution in [3.8, 4) is 0 Å². The van der Waals surface area contributed by atoms with E-state index in [4.69, 9.17) is 0 Å². The summed E-state index contributed by atoms with van der Waals surface area (Å²) >= 11 is 0. The number of benzene rings is 9. The van der Waals surface area contributed by atoms with Crippen molar-refractivity contribution < 1.29 is 128 Å². The van der Waals surface area contributed by atoms with Crippen LogP contribution in [-0.2, 0) is 0 Å². The van der Waals surface area contributed by atoms with E-state index in [1.54, 1.807) is 10.6 Å². The van der Waals surface area contributed by atoms with Gasteiger partial charge in [-0.3, -0.25) is 0 Å². The number of rotatable bonds is 27. The Morgan fingerprint density at radius 3 is 0.604 bits per heavy atom. The third kappa shape index (κ3) is 14.0. The molecular weight excluding hydrogens is 1410 g/mol. The van der Waals surface area contributed by atoms with Gasteiger partial charge in [0.1, 0.15) is 58.4 Å². The Kier molecular flexibility index (Phi) is 25.4.